The van der Waals surface area contributed by atoms with Crippen LogP contribution >= 0.6 is 11.3 Å². The first kappa shape index (κ1) is 19.4. The number of para-hydroxylation sites is 1. The van der Waals surface area contributed by atoms with Crippen LogP contribution in [0.15, 0.2) is 48.8 Å². The Labute approximate surface area is 183 Å². The van der Waals surface area contributed by atoms with E-state index in [9.17, 15) is 4.79 Å². The van der Waals surface area contributed by atoms with Gasteiger partial charge in [-0.2, -0.15) is 0 Å². The Hall–Kier alpha value is -3.52. The van der Waals surface area contributed by atoms with Crippen molar-refractivity contribution in [3.05, 3.63) is 54.4 Å². The first-order valence-corrected chi connectivity index (χ1v) is 10.7. The van der Waals surface area contributed by atoms with Gasteiger partial charge in [-0.05, 0) is 37.6 Å². The molecule has 0 saturated heterocycles. The summed E-state index contributed by atoms with van der Waals surface area (Å²) in [5.41, 5.74) is 3.35. The van der Waals surface area contributed by atoms with E-state index in [1.165, 1.54) is 30.2 Å². The van der Waals surface area contributed by atoms with Gasteiger partial charge in [-0.1, -0.05) is 29.5 Å². The van der Waals surface area contributed by atoms with Crippen molar-refractivity contribution in [3.63, 3.8) is 0 Å². The number of carbonyl (C=O) groups is 1. The topological polar surface area (TPSA) is 86.2 Å². The lowest BCUT2D eigenvalue weighted by Crippen LogP contribution is -2.24. The molecule has 0 aliphatic carbocycles. The molecule has 5 rings (SSSR count). The number of rotatable bonds is 4. The van der Waals surface area contributed by atoms with Gasteiger partial charge in [0.25, 0.3) is 0 Å². The molecule has 0 fully saturated rings. The van der Waals surface area contributed by atoms with Crippen molar-refractivity contribution in [2.24, 2.45) is 0 Å². The predicted molar refractivity (Wildman–Crippen MR) is 120 cm³/mol. The zero-order valence-corrected chi connectivity index (χ0v) is 18.1. The zero-order chi connectivity index (χ0) is 21.6. The number of hydrogen-bond donors (Lipinski definition) is 1. The highest BCUT2D eigenvalue weighted by atomic mass is 32.1. The standard InChI is InChI=1S/C23H20N4O3S/c1-13(28)26-22-27-21-17(5-4-6-19(21)31-22)29-20-10-16(24-12-25-20)14-7-8-15-11-23(2,3)30-18(15)9-14/h4-10,12H,11H2,1-3H3,(H,26,27,28). The number of fused-ring (bicyclic) bond motifs is 2. The number of benzene rings is 2. The maximum absolute atomic E-state index is 11.3. The summed E-state index contributed by atoms with van der Waals surface area (Å²) >= 11 is 1.39. The number of nitrogens with zero attached hydrogens (tertiary/aromatic N) is 3. The molecule has 8 heteroatoms. The number of carbonyl (C=O) groups excluding carboxylic acids is 1. The molecule has 0 atom stereocenters. The third-order valence-electron chi connectivity index (χ3n) is 4.89. The molecule has 2 aromatic heterocycles. The van der Waals surface area contributed by atoms with Gasteiger partial charge in [-0.3, -0.25) is 4.79 Å². The fourth-order valence-electron chi connectivity index (χ4n) is 3.62. The SMILES string of the molecule is CC(=O)Nc1nc2c(Oc3cc(-c4ccc5c(c4)OC(C)(C)C5)ncn3)cccc2s1. The van der Waals surface area contributed by atoms with Crippen molar-refractivity contribution in [1.29, 1.82) is 0 Å². The monoisotopic (exact) mass is 432 g/mol. The Morgan fingerprint density at radius 3 is 2.90 bits per heavy atom. The molecule has 1 N–H and O–H groups in total. The quantitative estimate of drug-likeness (QED) is 0.476. The highest BCUT2D eigenvalue weighted by molar-refractivity contribution is 7.22. The lowest BCUT2D eigenvalue weighted by molar-refractivity contribution is -0.114. The summed E-state index contributed by atoms with van der Waals surface area (Å²) in [4.78, 5) is 24.5. The molecule has 31 heavy (non-hydrogen) atoms. The summed E-state index contributed by atoms with van der Waals surface area (Å²) in [6.07, 6.45) is 2.37. The van der Waals surface area contributed by atoms with E-state index < -0.39 is 0 Å². The van der Waals surface area contributed by atoms with E-state index >= 15 is 0 Å². The van der Waals surface area contributed by atoms with Gasteiger partial charge in [-0.15, -0.1) is 0 Å². The van der Waals surface area contributed by atoms with Gasteiger partial charge in [0.15, 0.2) is 10.9 Å². The molecule has 0 unspecified atom stereocenters. The summed E-state index contributed by atoms with van der Waals surface area (Å²) in [6.45, 7) is 5.62. The summed E-state index contributed by atoms with van der Waals surface area (Å²) < 4.78 is 13.0. The maximum atomic E-state index is 11.3. The molecule has 4 aromatic rings. The second-order valence-electron chi connectivity index (χ2n) is 8.01. The largest absolute Gasteiger partial charge is 0.487 e. The van der Waals surface area contributed by atoms with Crippen molar-refractivity contribution in [2.45, 2.75) is 32.8 Å². The molecule has 3 heterocycles. The van der Waals surface area contributed by atoms with Crippen LogP contribution in [0.3, 0.4) is 0 Å². The van der Waals surface area contributed by atoms with E-state index in [1.807, 2.05) is 30.3 Å². The molecule has 0 spiro atoms. The normalized spacial score (nSPS) is 14.2. The lowest BCUT2D eigenvalue weighted by Gasteiger charge is -2.16. The molecule has 2 aromatic carbocycles. The fourth-order valence-corrected chi connectivity index (χ4v) is 4.55. The Balaban J connectivity index is 1.44. The van der Waals surface area contributed by atoms with Crippen LogP contribution in [0.5, 0.6) is 17.4 Å². The van der Waals surface area contributed by atoms with Crippen LogP contribution in [0.2, 0.25) is 0 Å². The first-order chi connectivity index (χ1) is 14.9. The molecule has 1 amide bonds. The third kappa shape index (κ3) is 3.94. The van der Waals surface area contributed by atoms with Gasteiger partial charge in [0.2, 0.25) is 11.8 Å². The number of anilines is 1. The van der Waals surface area contributed by atoms with E-state index in [0.717, 1.165) is 28.1 Å². The van der Waals surface area contributed by atoms with Crippen LogP contribution in [-0.4, -0.2) is 26.5 Å². The van der Waals surface area contributed by atoms with Gasteiger partial charge in [0.1, 0.15) is 23.2 Å². The molecule has 156 valence electrons. The number of thiazole rings is 1. The van der Waals surface area contributed by atoms with Crippen molar-refractivity contribution < 1.29 is 14.3 Å². The minimum Gasteiger partial charge on any atom is -0.487 e. The number of nitrogens with one attached hydrogen (secondary N) is 1. The van der Waals surface area contributed by atoms with Crippen LogP contribution in [0.25, 0.3) is 21.5 Å². The van der Waals surface area contributed by atoms with Crippen LogP contribution in [0, 0.1) is 0 Å². The Morgan fingerprint density at radius 2 is 2.06 bits per heavy atom. The molecule has 0 saturated carbocycles. The van der Waals surface area contributed by atoms with E-state index in [1.54, 1.807) is 6.07 Å². The fraction of sp³-hybridized carbons (Fsp3) is 0.217. The van der Waals surface area contributed by atoms with E-state index in [0.29, 0.717) is 22.3 Å². The van der Waals surface area contributed by atoms with Gasteiger partial charge < -0.3 is 14.8 Å². The lowest BCUT2D eigenvalue weighted by atomic mass is 10.0. The number of hydrogen-bond acceptors (Lipinski definition) is 7. The first-order valence-electron chi connectivity index (χ1n) is 9.86. The Bertz CT molecular complexity index is 1320. The average Bonchev–Trinajstić information content (AvgIpc) is 3.26. The van der Waals surface area contributed by atoms with E-state index in [-0.39, 0.29) is 11.5 Å². The number of amides is 1. The van der Waals surface area contributed by atoms with E-state index in [2.05, 4.69) is 40.2 Å². The molecule has 1 aliphatic heterocycles. The third-order valence-corrected chi connectivity index (χ3v) is 5.82. The molecule has 7 nitrogen and oxygen atoms in total. The summed E-state index contributed by atoms with van der Waals surface area (Å²) in [7, 11) is 0. The molecular formula is C23H20N4O3S. The van der Waals surface area contributed by atoms with Crippen LogP contribution in [-0.2, 0) is 11.2 Å². The molecule has 0 radical (unpaired) electrons. The highest BCUT2D eigenvalue weighted by Gasteiger charge is 2.30. The minimum atomic E-state index is -0.191. The second kappa shape index (κ2) is 7.31. The van der Waals surface area contributed by atoms with Crippen molar-refractivity contribution in [1.82, 2.24) is 15.0 Å². The Morgan fingerprint density at radius 1 is 1.19 bits per heavy atom. The Kier molecular flexibility index (Phi) is 4.59. The number of aromatic nitrogens is 3. The summed E-state index contributed by atoms with van der Waals surface area (Å²) in [5, 5.41) is 3.25. The average molecular weight is 433 g/mol. The highest BCUT2D eigenvalue weighted by Crippen LogP contribution is 2.38. The zero-order valence-electron chi connectivity index (χ0n) is 17.3. The van der Waals surface area contributed by atoms with Crippen molar-refractivity contribution in [2.75, 3.05) is 5.32 Å². The van der Waals surface area contributed by atoms with Gasteiger partial charge in [0, 0.05) is 25.0 Å². The van der Waals surface area contributed by atoms with Crippen LogP contribution in [0.4, 0.5) is 5.13 Å². The predicted octanol–water partition coefficient (Wildman–Crippen LogP) is 5.22. The molecule has 0 bridgehead atoms. The summed E-state index contributed by atoms with van der Waals surface area (Å²) in [6, 6.07) is 13.6. The molecular weight excluding hydrogens is 412 g/mol. The van der Waals surface area contributed by atoms with Gasteiger partial charge in [-0.25, -0.2) is 15.0 Å². The summed E-state index contributed by atoms with van der Waals surface area (Å²) in [5.74, 6) is 1.70. The van der Waals surface area contributed by atoms with Crippen molar-refractivity contribution in [3.8, 4) is 28.6 Å². The van der Waals surface area contributed by atoms with Crippen LogP contribution < -0.4 is 14.8 Å². The maximum Gasteiger partial charge on any atom is 0.223 e. The van der Waals surface area contributed by atoms with Gasteiger partial charge in [0.05, 0.1) is 10.4 Å². The van der Waals surface area contributed by atoms with Gasteiger partial charge >= 0.3 is 0 Å². The number of ether oxygens (including phenoxy) is 2. The molecule has 1 aliphatic rings. The van der Waals surface area contributed by atoms with Crippen LogP contribution in [0.1, 0.15) is 26.3 Å². The second-order valence-corrected chi connectivity index (χ2v) is 9.04. The minimum absolute atomic E-state index is 0.163. The van der Waals surface area contributed by atoms with Crippen molar-refractivity contribution >= 4 is 32.6 Å². The van der Waals surface area contributed by atoms with E-state index in [4.69, 9.17) is 9.47 Å². The smallest absolute Gasteiger partial charge is 0.223 e.